The van der Waals surface area contributed by atoms with Gasteiger partial charge >= 0.3 is 0 Å². The molecule has 3 nitrogen and oxygen atoms in total. The molecule has 0 bridgehead atoms. The van der Waals surface area contributed by atoms with Gasteiger partial charge in [0.2, 0.25) is 0 Å². The van der Waals surface area contributed by atoms with Crippen molar-refractivity contribution in [3.8, 4) is 0 Å². The minimum atomic E-state index is 0.423. The summed E-state index contributed by atoms with van der Waals surface area (Å²) in [5, 5.41) is 3.72. The first-order valence-corrected chi connectivity index (χ1v) is 7.37. The van der Waals surface area contributed by atoms with E-state index in [1.807, 2.05) is 0 Å². The van der Waals surface area contributed by atoms with E-state index in [-0.39, 0.29) is 0 Å². The molecule has 3 heteroatoms. The molecule has 2 aliphatic rings. The van der Waals surface area contributed by atoms with Crippen LogP contribution in [-0.4, -0.2) is 49.8 Å². The molecule has 0 radical (unpaired) electrons. The number of nitrogens with one attached hydrogen (secondary N) is 1. The number of ether oxygens (including phenoxy) is 1. The molecule has 1 aliphatic heterocycles. The highest BCUT2D eigenvalue weighted by atomic mass is 16.5. The van der Waals surface area contributed by atoms with Crippen LogP contribution in [0.1, 0.15) is 39.5 Å². The van der Waals surface area contributed by atoms with E-state index in [2.05, 4.69) is 24.1 Å². The molecule has 0 aromatic heterocycles. The molecule has 2 rings (SSSR count). The monoisotopic (exact) mass is 240 g/mol. The first kappa shape index (κ1) is 13.3. The summed E-state index contributed by atoms with van der Waals surface area (Å²) in [6.45, 7) is 10.1. The molecule has 3 unspecified atom stereocenters. The van der Waals surface area contributed by atoms with Gasteiger partial charge in [-0.25, -0.2) is 0 Å². The Morgan fingerprint density at radius 2 is 2.24 bits per heavy atom. The van der Waals surface area contributed by atoms with E-state index < -0.39 is 0 Å². The minimum Gasteiger partial charge on any atom is -0.376 e. The van der Waals surface area contributed by atoms with Crippen molar-refractivity contribution in [3.05, 3.63) is 0 Å². The van der Waals surface area contributed by atoms with Crippen LogP contribution in [0.25, 0.3) is 0 Å². The van der Waals surface area contributed by atoms with Crippen LogP contribution in [0.2, 0.25) is 0 Å². The zero-order valence-electron chi connectivity index (χ0n) is 11.5. The Morgan fingerprint density at radius 1 is 1.35 bits per heavy atom. The van der Waals surface area contributed by atoms with Gasteiger partial charge < -0.3 is 10.1 Å². The van der Waals surface area contributed by atoms with Gasteiger partial charge in [-0.2, -0.15) is 0 Å². The molecule has 0 spiro atoms. The number of hydrogen-bond acceptors (Lipinski definition) is 3. The van der Waals surface area contributed by atoms with Gasteiger partial charge in [0.1, 0.15) is 0 Å². The smallest absolute Gasteiger partial charge is 0.0674 e. The predicted molar refractivity (Wildman–Crippen MR) is 71.3 cm³/mol. The lowest BCUT2D eigenvalue weighted by Crippen LogP contribution is -2.46. The number of nitrogens with zero attached hydrogens (tertiary/aromatic N) is 1. The minimum absolute atomic E-state index is 0.423. The van der Waals surface area contributed by atoms with Gasteiger partial charge in [-0.1, -0.05) is 13.3 Å². The molecular weight excluding hydrogens is 212 g/mol. The van der Waals surface area contributed by atoms with Crippen molar-refractivity contribution in [2.24, 2.45) is 5.92 Å². The quantitative estimate of drug-likeness (QED) is 0.794. The highest BCUT2D eigenvalue weighted by Gasteiger charge is 2.29. The second-order valence-corrected chi connectivity index (χ2v) is 5.69. The fourth-order valence-electron chi connectivity index (χ4n) is 3.24. The van der Waals surface area contributed by atoms with Crippen LogP contribution in [0.3, 0.4) is 0 Å². The standard InChI is InChI=1S/C14H28N2O/c1-3-7-15-14-6-4-5-13(14)11-16-8-9-17-12(2)10-16/h12-15H,3-11H2,1-2H3. The van der Waals surface area contributed by atoms with Crippen molar-refractivity contribution in [2.75, 3.05) is 32.8 Å². The molecule has 0 aromatic carbocycles. The van der Waals surface area contributed by atoms with Crippen molar-refractivity contribution in [1.29, 1.82) is 0 Å². The molecule has 1 saturated carbocycles. The van der Waals surface area contributed by atoms with E-state index in [1.54, 1.807) is 0 Å². The lowest BCUT2D eigenvalue weighted by Gasteiger charge is -2.34. The second-order valence-electron chi connectivity index (χ2n) is 5.69. The van der Waals surface area contributed by atoms with Gasteiger partial charge in [0.25, 0.3) is 0 Å². The topological polar surface area (TPSA) is 24.5 Å². The van der Waals surface area contributed by atoms with Gasteiger partial charge in [-0.15, -0.1) is 0 Å². The summed E-state index contributed by atoms with van der Waals surface area (Å²) in [5.41, 5.74) is 0. The molecule has 1 heterocycles. The van der Waals surface area contributed by atoms with E-state index in [4.69, 9.17) is 4.74 Å². The predicted octanol–water partition coefficient (Wildman–Crippen LogP) is 1.88. The molecule has 1 aliphatic carbocycles. The lowest BCUT2D eigenvalue weighted by molar-refractivity contribution is -0.0238. The Labute approximate surface area is 106 Å². The number of hydrogen-bond donors (Lipinski definition) is 1. The van der Waals surface area contributed by atoms with E-state index in [1.165, 1.54) is 38.8 Å². The van der Waals surface area contributed by atoms with Crippen molar-refractivity contribution >= 4 is 0 Å². The van der Waals surface area contributed by atoms with Gasteiger partial charge in [0.15, 0.2) is 0 Å². The molecule has 2 fully saturated rings. The summed E-state index contributed by atoms with van der Waals surface area (Å²) in [5.74, 6) is 0.867. The van der Waals surface area contributed by atoms with Gasteiger partial charge in [0.05, 0.1) is 12.7 Å². The molecule has 0 aromatic rings. The normalized spacial score (nSPS) is 35.3. The summed E-state index contributed by atoms with van der Waals surface area (Å²) >= 11 is 0. The van der Waals surface area contributed by atoms with Crippen LogP contribution in [0, 0.1) is 5.92 Å². The molecule has 3 atom stereocenters. The largest absolute Gasteiger partial charge is 0.376 e. The SMILES string of the molecule is CCCNC1CCCC1CN1CCOC(C)C1. The summed E-state index contributed by atoms with van der Waals surface area (Å²) < 4.78 is 5.61. The lowest BCUT2D eigenvalue weighted by atomic mass is 10.0. The van der Waals surface area contributed by atoms with E-state index >= 15 is 0 Å². The van der Waals surface area contributed by atoms with Crippen LogP contribution >= 0.6 is 0 Å². The summed E-state index contributed by atoms with van der Waals surface area (Å²) in [7, 11) is 0. The Balaban J connectivity index is 1.76. The maximum absolute atomic E-state index is 5.61. The zero-order chi connectivity index (χ0) is 12.1. The second kappa shape index (κ2) is 6.72. The Hall–Kier alpha value is -0.120. The zero-order valence-corrected chi connectivity index (χ0v) is 11.5. The number of rotatable bonds is 5. The number of morpholine rings is 1. The van der Waals surface area contributed by atoms with E-state index in [0.29, 0.717) is 6.10 Å². The van der Waals surface area contributed by atoms with Crippen molar-refractivity contribution in [1.82, 2.24) is 10.2 Å². The molecular formula is C14H28N2O. The average molecular weight is 240 g/mol. The summed E-state index contributed by atoms with van der Waals surface area (Å²) in [6, 6.07) is 0.771. The Morgan fingerprint density at radius 3 is 3.00 bits per heavy atom. The highest BCUT2D eigenvalue weighted by molar-refractivity contribution is 4.86. The molecule has 17 heavy (non-hydrogen) atoms. The van der Waals surface area contributed by atoms with Crippen LogP contribution < -0.4 is 5.32 Å². The molecule has 0 amide bonds. The fourth-order valence-corrected chi connectivity index (χ4v) is 3.24. The van der Waals surface area contributed by atoms with Crippen LogP contribution in [0.4, 0.5) is 0 Å². The third kappa shape index (κ3) is 3.94. The maximum Gasteiger partial charge on any atom is 0.0674 e. The van der Waals surface area contributed by atoms with Crippen LogP contribution in [0.15, 0.2) is 0 Å². The van der Waals surface area contributed by atoms with Crippen LogP contribution in [-0.2, 0) is 4.74 Å². The first-order chi connectivity index (χ1) is 8.29. The summed E-state index contributed by atoms with van der Waals surface area (Å²) in [6.07, 6.45) is 5.87. The summed E-state index contributed by atoms with van der Waals surface area (Å²) in [4.78, 5) is 2.60. The fraction of sp³-hybridized carbons (Fsp3) is 1.00. The molecule has 1 saturated heterocycles. The average Bonchev–Trinajstić information content (AvgIpc) is 2.74. The van der Waals surface area contributed by atoms with Crippen LogP contribution in [0.5, 0.6) is 0 Å². The Kier molecular flexibility index (Phi) is 5.26. The Bertz CT molecular complexity index is 222. The molecule has 100 valence electrons. The maximum atomic E-state index is 5.61. The van der Waals surface area contributed by atoms with E-state index in [9.17, 15) is 0 Å². The van der Waals surface area contributed by atoms with Crippen molar-refractivity contribution < 1.29 is 4.74 Å². The van der Waals surface area contributed by atoms with Gasteiger partial charge in [-0.05, 0) is 38.6 Å². The highest BCUT2D eigenvalue weighted by Crippen LogP contribution is 2.27. The van der Waals surface area contributed by atoms with E-state index in [0.717, 1.165) is 31.7 Å². The van der Waals surface area contributed by atoms with Gasteiger partial charge in [0, 0.05) is 25.7 Å². The van der Waals surface area contributed by atoms with Crippen molar-refractivity contribution in [3.63, 3.8) is 0 Å². The van der Waals surface area contributed by atoms with Gasteiger partial charge in [-0.3, -0.25) is 4.90 Å². The third-order valence-electron chi connectivity index (χ3n) is 4.13. The van der Waals surface area contributed by atoms with Crippen molar-refractivity contribution in [2.45, 2.75) is 51.7 Å². The first-order valence-electron chi connectivity index (χ1n) is 7.37. The third-order valence-corrected chi connectivity index (χ3v) is 4.13. The molecule has 1 N–H and O–H groups in total.